The number of hydrogen-bond donors (Lipinski definition) is 0. The lowest BCUT2D eigenvalue weighted by molar-refractivity contribution is 0.791. The van der Waals surface area contributed by atoms with Crippen LogP contribution >= 0.6 is 0 Å². The fourth-order valence-corrected chi connectivity index (χ4v) is 15.4. The second kappa shape index (κ2) is 13.0. The summed E-state index contributed by atoms with van der Waals surface area (Å²) in [5, 5.41) is 16.7. The molecular weight excluding hydrogens is 859 g/mol. The van der Waals surface area contributed by atoms with E-state index in [2.05, 4.69) is 203 Å². The maximum atomic E-state index is 11.8. The molecule has 2 heterocycles. The molecule has 0 amide bonds. The highest BCUT2D eigenvalue weighted by Crippen LogP contribution is 2.69. The predicted molar refractivity (Wildman–Crippen MR) is 286 cm³/mol. The van der Waals surface area contributed by atoms with Gasteiger partial charge in [0.2, 0.25) is 0 Å². The Balaban J connectivity index is 1.10. The van der Waals surface area contributed by atoms with Crippen molar-refractivity contribution in [2.75, 3.05) is 0 Å². The van der Waals surface area contributed by atoms with Gasteiger partial charge < -0.3 is 4.40 Å². The molecule has 0 N–H and O–H groups in total. The number of hydrogen-bond acceptors (Lipinski definition) is 1. The molecule has 3 nitrogen and oxygen atoms in total. The summed E-state index contributed by atoms with van der Waals surface area (Å²) in [5.74, 6) is 0. The van der Waals surface area contributed by atoms with Crippen LogP contribution < -0.4 is 0 Å². The lowest BCUT2D eigenvalue weighted by Crippen LogP contribution is -2.27. The molecular formula is C68H39N3. The van der Waals surface area contributed by atoms with Gasteiger partial charge in [-0.1, -0.05) is 176 Å². The maximum absolute atomic E-state index is 11.8. The Morgan fingerprint density at radius 2 is 0.831 bits per heavy atom. The molecule has 5 aliphatic rings. The van der Waals surface area contributed by atoms with Crippen LogP contribution in [0.5, 0.6) is 0 Å². The first-order chi connectivity index (χ1) is 35.2. The number of aromatic nitrogens is 1. The molecule has 4 bridgehead atoms. The Kier molecular flexibility index (Phi) is 6.93. The molecule has 71 heavy (non-hydrogen) atoms. The molecule has 2 aromatic heterocycles. The monoisotopic (exact) mass is 897 g/mol. The van der Waals surface area contributed by atoms with Gasteiger partial charge >= 0.3 is 0 Å². The van der Waals surface area contributed by atoms with E-state index in [1.165, 1.54) is 122 Å². The normalized spacial score (nSPS) is 15.3. The van der Waals surface area contributed by atoms with Gasteiger partial charge in [0.25, 0.3) is 0 Å². The lowest BCUT2D eigenvalue weighted by Gasteiger charge is -2.31. The zero-order chi connectivity index (χ0) is 46.5. The molecule has 326 valence electrons. The molecule has 0 atom stereocenters. The molecule has 5 aliphatic carbocycles. The van der Waals surface area contributed by atoms with Crippen molar-refractivity contribution in [1.29, 1.82) is 5.26 Å². The Hall–Kier alpha value is -9.02. The fraction of sp³-hybridized carbons (Fsp3) is 0.0882. The fourth-order valence-electron chi connectivity index (χ4n) is 15.4. The largest absolute Gasteiger partial charge is 0.309 e. The zero-order valence-corrected chi connectivity index (χ0v) is 38.6. The van der Waals surface area contributed by atoms with E-state index >= 15 is 0 Å². The van der Waals surface area contributed by atoms with Crippen molar-refractivity contribution in [3.63, 3.8) is 0 Å². The van der Waals surface area contributed by atoms with Crippen molar-refractivity contribution < 1.29 is 0 Å². The summed E-state index contributed by atoms with van der Waals surface area (Å²) < 4.78 is 2.51. The Bertz CT molecular complexity index is 4190. The minimum atomic E-state index is -0.678. The van der Waals surface area contributed by atoms with Crippen LogP contribution in [-0.2, 0) is 36.5 Å². The summed E-state index contributed by atoms with van der Waals surface area (Å²) in [7, 11) is 0. The van der Waals surface area contributed by atoms with E-state index in [4.69, 9.17) is 0 Å². The van der Waals surface area contributed by atoms with Crippen molar-refractivity contribution in [3.05, 3.63) is 272 Å². The van der Waals surface area contributed by atoms with Gasteiger partial charge in [0.05, 0.1) is 40.1 Å². The topological polar surface area (TPSA) is 32.6 Å². The van der Waals surface area contributed by atoms with Gasteiger partial charge in [-0.2, -0.15) is 5.26 Å². The third kappa shape index (κ3) is 4.19. The number of fused-ring (bicyclic) bond motifs is 34. The first-order valence-electron chi connectivity index (χ1n) is 25.0. The summed E-state index contributed by atoms with van der Waals surface area (Å²) in [6, 6.07) is 72.7. The summed E-state index contributed by atoms with van der Waals surface area (Å²) >= 11 is 0. The van der Waals surface area contributed by atoms with Gasteiger partial charge in [-0.15, -0.1) is 0 Å². The highest BCUT2D eigenvalue weighted by molar-refractivity contribution is 6.32. The van der Waals surface area contributed by atoms with Gasteiger partial charge in [0.1, 0.15) is 0 Å². The molecule has 12 aromatic rings. The van der Waals surface area contributed by atoms with Crippen LogP contribution in [0.3, 0.4) is 0 Å². The molecule has 17 rings (SSSR count). The summed E-state index contributed by atoms with van der Waals surface area (Å²) in [6.45, 7) is 9.24. The van der Waals surface area contributed by atoms with Crippen LogP contribution in [0.4, 0.5) is 5.69 Å². The number of nitriles is 1. The standard InChI is InChI=1S/C68H39N3/c1-70-55-36-57-63(61-48-22-7-13-28-54(48)68(65(55)61)51-25-10-4-19-45(51)46-20-5-11-26-52(46)68)59-41-32-30-39-16-14-15-38(33-39)29-31-40(34-41)58-62-56(71(57)66(58)59)35-42(37-69)64-60(62)47-21-6-12-27-53(47)67(64)49-23-8-2-17-43(49)44-18-3-9-24-50(44)67/h2-28,33-36H,29-32H2. The number of aryl methyl sites for hydroxylation is 4. The van der Waals surface area contributed by atoms with Gasteiger partial charge in [-0.25, -0.2) is 4.85 Å². The average molecular weight is 898 g/mol. The number of nitrogens with zero attached hydrogens (tertiary/aromatic N) is 3. The minimum absolute atomic E-state index is 0.671. The van der Waals surface area contributed by atoms with E-state index in [9.17, 15) is 11.8 Å². The average Bonchev–Trinajstić information content (AvgIpc) is 4.26. The van der Waals surface area contributed by atoms with Crippen LogP contribution in [-0.4, -0.2) is 4.40 Å². The van der Waals surface area contributed by atoms with E-state index in [0.29, 0.717) is 11.3 Å². The quantitative estimate of drug-likeness (QED) is 0.140. The molecule has 2 spiro atoms. The second-order valence-electron chi connectivity index (χ2n) is 20.6. The molecule has 0 saturated heterocycles. The van der Waals surface area contributed by atoms with Crippen LogP contribution in [0.1, 0.15) is 72.3 Å². The molecule has 0 aliphatic heterocycles. The van der Waals surface area contributed by atoms with Crippen molar-refractivity contribution >= 4 is 43.8 Å². The van der Waals surface area contributed by atoms with Crippen molar-refractivity contribution in [2.45, 2.75) is 36.5 Å². The summed E-state index contributed by atoms with van der Waals surface area (Å²) in [4.78, 5) is 4.60. The third-order valence-electron chi connectivity index (χ3n) is 17.7. The first kappa shape index (κ1) is 37.9. The molecule has 3 heteroatoms. The highest BCUT2D eigenvalue weighted by atomic mass is 14.9. The predicted octanol–water partition coefficient (Wildman–Crippen LogP) is 15.8. The van der Waals surface area contributed by atoms with Crippen LogP contribution in [0, 0.1) is 17.9 Å². The molecule has 0 unspecified atom stereocenters. The molecule has 0 radical (unpaired) electrons. The Morgan fingerprint density at radius 3 is 1.30 bits per heavy atom. The summed E-state index contributed by atoms with van der Waals surface area (Å²) in [5.41, 5.74) is 27.9. The van der Waals surface area contributed by atoms with Crippen molar-refractivity contribution in [3.8, 4) is 50.6 Å². The third-order valence-corrected chi connectivity index (χ3v) is 17.7. The number of benzene rings is 10. The van der Waals surface area contributed by atoms with E-state index in [1.54, 1.807) is 0 Å². The zero-order valence-electron chi connectivity index (χ0n) is 38.6. The van der Waals surface area contributed by atoms with E-state index < -0.39 is 10.8 Å². The van der Waals surface area contributed by atoms with E-state index in [0.717, 1.165) is 53.4 Å². The SMILES string of the molecule is [C-]#[N+]c1cc2c(c3c1C1(c4ccccc4-c4ccccc41)c1ccccc1-3)c1c3cc(c4c5c6c(c(C#N)cc5n2c41)C1(c2ccccc2-c2ccccc21)c1ccccc1-6)CCc1cccc(c1)CC3. The maximum Gasteiger partial charge on any atom is 0.194 e. The van der Waals surface area contributed by atoms with Crippen LogP contribution in [0.2, 0.25) is 0 Å². The van der Waals surface area contributed by atoms with Crippen LogP contribution in [0.25, 0.3) is 87.4 Å². The number of rotatable bonds is 0. The lowest BCUT2D eigenvalue weighted by atomic mass is 9.69. The smallest absolute Gasteiger partial charge is 0.194 e. The Labute approximate surface area is 410 Å². The van der Waals surface area contributed by atoms with E-state index in [1.807, 2.05) is 0 Å². The first-order valence-corrected chi connectivity index (χ1v) is 25.0. The summed E-state index contributed by atoms with van der Waals surface area (Å²) in [6.07, 6.45) is 3.60. The molecule has 10 aromatic carbocycles. The van der Waals surface area contributed by atoms with Crippen LogP contribution in [0.15, 0.2) is 188 Å². The molecule has 0 saturated carbocycles. The van der Waals surface area contributed by atoms with E-state index in [-0.39, 0.29) is 0 Å². The van der Waals surface area contributed by atoms with Gasteiger partial charge in [-0.05, 0) is 149 Å². The van der Waals surface area contributed by atoms with Crippen molar-refractivity contribution in [1.82, 2.24) is 4.40 Å². The molecule has 0 fully saturated rings. The minimum Gasteiger partial charge on any atom is -0.309 e. The Morgan fingerprint density at radius 1 is 0.423 bits per heavy atom. The highest BCUT2D eigenvalue weighted by Gasteiger charge is 2.55. The van der Waals surface area contributed by atoms with Gasteiger partial charge in [0.15, 0.2) is 5.69 Å². The van der Waals surface area contributed by atoms with Gasteiger partial charge in [-0.3, -0.25) is 0 Å². The van der Waals surface area contributed by atoms with Crippen molar-refractivity contribution in [2.24, 2.45) is 0 Å². The second-order valence-corrected chi connectivity index (χ2v) is 20.6. The van der Waals surface area contributed by atoms with Gasteiger partial charge in [0, 0.05) is 27.1 Å².